The smallest absolute Gasteiger partial charge is 0.0813 e. The van der Waals surface area contributed by atoms with Crippen molar-refractivity contribution in [3.05, 3.63) is 0 Å². The molecular formula is C11H23NO2. The third kappa shape index (κ3) is 4.40. The van der Waals surface area contributed by atoms with Gasteiger partial charge in [-0.05, 0) is 47.5 Å². The fraction of sp³-hybridized carbons (Fsp3) is 1.00. The summed E-state index contributed by atoms with van der Waals surface area (Å²) in [6.07, 6.45) is 2.72. The van der Waals surface area contributed by atoms with Crippen molar-refractivity contribution in [3.8, 4) is 0 Å². The van der Waals surface area contributed by atoms with E-state index in [-0.39, 0.29) is 5.60 Å². The van der Waals surface area contributed by atoms with E-state index in [1.807, 2.05) is 20.8 Å². The molecule has 0 spiro atoms. The first-order chi connectivity index (χ1) is 6.37. The van der Waals surface area contributed by atoms with Crippen molar-refractivity contribution in [3.63, 3.8) is 0 Å². The first-order valence-corrected chi connectivity index (χ1v) is 5.46. The van der Waals surface area contributed by atoms with Crippen molar-refractivity contribution in [2.75, 3.05) is 0 Å². The van der Waals surface area contributed by atoms with Gasteiger partial charge in [0.05, 0.1) is 17.8 Å². The van der Waals surface area contributed by atoms with Crippen LogP contribution in [0.1, 0.15) is 47.5 Å². The van der Waals surface area contributed by atoms with E-state index in [1.165, 1.54) is 0 Å². The first kappa shape index (κ1) is 12.0. The first-order valence-electron chi connectivity index (χ1n) is 5.46. The average Bonchev–Trinajstić information content (AvgIpc) is 1.97. The van der Waals surface area contributed by atoms with Crippen molar-refractivity contribution in [1.82, 2.24) is 5.48 Å². The molecule has 3 nitrogen and oxygen atoms in total. The van der Waals surface area contributed by atoms with Gasteiger partial charge in [-0.2, -0.15) is 5.48 Å². The van der Waals surface area contributed by atoms with Crippen LogP contribution in [-0.2, 0) is 9.57 Å². The van der Waals surface area contributed by atoms with Crippen LogP contribution in [0.3, 0.4) is 0 Å². The summed E-state index contributed by atoms with van der Waals surface area (Å²) in [5.74, 6) is 0. The van der Waals surface area contributed by atoms with E-state index in [0.29, 0.717) is 18.2 Å². The van der Waals surface area contributed by atoms with Gasteiger partial charge < -0.3 is 4.74 Å². The molecule has 0 amide bonds. The van der Waals surface area contributed by atoms with Gasteiger partial charge in [-0.1, -0.05) is 0 Å². The van der Waals surface area contributed by atoms with E-state index in [2.05, 4.69) is 19.3 Å². The highest BCUT2D eigenvalue weighted by molar-refractivity contribution is 4.76. The summed E-state index contributed by atoms with van der Waals surface area (Å²) in [4.78, 5) is 5.56. The molecular weight excluding hydrogens is 178 g/mol. The summed E-state index contributed by atoms with van der Waals surface area (Å²) in [5, 5.41) is 0. The minimum atomic E-state index is -0.120. The van der Waals surface area contributed by atoms with Gasteiger partial charge in [-0.3, -0.25) is 4.84 Å². The Balaban J connectivity index is 2.30. The quantitative estimate of drug-likeness (QED) is 0.695. The lowest BCUT2D eigenvalue weighted by Gasteiger charge is -2.34. The Morgan fingerprint density at radius 1 is 1.14 bits per heavy atom. The normalized spacial score (nSPS) is 34.5. The number of hydrogen-bond acceptors (Lipinski definition) is 3. The van der Waals surface area contributed by atoms with Crippen LogP contribution in [-0.4, -0.2) is 23.9 Å². The molecule has 0 aromatic carbocycles. The molecule has 1 rings (SSSR count). The van der Waals surface area contributed by atoms with Gasteiger partial charge in [0.25, 0.3) is 0 Å². The molecule has 0 radical (unpaired) electrons. The topological polar surface area (TPSA) is 30.5 Å². The number of ether oxygens (including phenoxy) is 1. The van der Waals surface area contributed by atoms with Crippen molar-refractivity contribution in [2.45, 2.75) is 71.3 Å². The zero-order valence-corrected chi connectivity index (χ0v) is 9.96. The average molecular weight is 201 g/mol. The lowest BCUT2D eigenvalue weighted by atomic mass is 10.0. The molecule has 0 aliphatic carbocycles. The molecule has 0 aromatic rings. The molecule has 1 N–H and O–H groups in total. The van der Waals surface area contributed by atoms with Crippen LogP contribution < -0.4 is 5.48 Å². The van der Waals surface area contributed by atoms with Crippen LogP contribution in [0.15, 0.2) is 0 Å². The minimum absolute atomic E-state index is 0.120. The molecule has 1 aliphatic heterocycles. The Hall–Kier alpha value is -0.120. The maximum absolute atomic E-state index is 5.65. The highest BCUT2D eigenvalue weighted by Crippen LogP contribution is 2.19. The number of hydrogen-bond donors (Lipinski definition) is 1. The lowest BCUT2D eigenvalue weighted by Crippen LogP contribution is -2.44. The Kier molecular flexibility index (Phi) is 3.93. The SMILES string of the molecule is CC1CC(NOC(C)(C)C)CC(C)O1. The Bertz CT molecular complexity index is 167. The predicted octanol–water partition coefficient (Wildman–Crippen LogP) is 2.26. The molecule has 0 saturated carbocycles. The lowest BCUT2D eigenvalue weighted by molar-refractivity contribution is -0.123. The van der Waals surface area contributed by atoms with Gasteiger partial charge in [0.2, 0.25) is 0 Å². The van der Waals surface area contributed by atoms with Crippen molar-refractivity contribution >= 4 is 0 Å². The van der Waals surface area contributed by atoms with Gasteiger partial charge >= 0.3 is 0 Å². The second-order valence-electron chi connectivity index (χ2n) is 5.26. The third-order valence-corrected chi connectivity index (χ3v) is 2.23. The Morgan fingerprint density at radius 3 is 2.07 bits per heavy atom. The Morgan fingerprint density at radius 2 is 1.64 bits per heavy atom. The molecule has 2 atom stereocenters. The molecule has 0 aromatic heterocycles. The highest BCUT2D eigenvalue weighted by atomic mass is 16.7. The fourth-order valence-electron chi connectivity index (χ4n) is 1.76. The predicted molar refractivity (Wildman–Crippen MR) is 57.0 cm³/mol. The fourth-order valence-corrected chi connectivity index (χ4v) is 1.76. The number of rotatable bonds is 2. The van der Waals surface area contributed by atoms with E-state index in [0.717, 1.165) is 12.8 Å². The second-order valence-corrected chi connectivity index (χ2v) is 5.26. The molecule has 1 heterocycles. The summed E-state index contributed by atoms with van der Waals surface area (Å²) < 4.78 is 5.65. The summed E-state index contributed by atoms with van der Waals surface area (Å²) in [7, 11) is 0. The van der Waals surface area contributed by atoms with E-state index in [9.17, 15) is 0 Å². The maximum atomic E-state index is 5.65. The molecule has 84 valence electrons. The van der Waals surface area contributed by atoms with E-state index in [1.54, 1.807) is 0 Å². The van der Waals surface area contributed by atoms with Gasteiger partial charge in [0.1, 0.15) is 0 Å². The molecule has 2 unspecified atom stereocenters. The van der Waals surface area contributed by atoms with E-state index in [4.69, 9.17) is 9.57 Å². The second kappa shape index (κ2) is 4.60. The van der Waals surface area contributed by atoms with Crippen LogP contribution in [0.5, 0.6) is 0 Å². The van der Waals surface area contributed by atoms with Crippen molar-refractivity contribution < 1.29 is 9.57 Å². The van der Waals surface area contributed by atoms with E-state index >= 15 is 0 Å². The zero-order valence-electron chi connectivity index (χ0n) is 9.96. The van der Waals surface area contributed by atoms with Crippen LogP contribution in [0.25, 0.3) is 0 Å². The largest absolute Gasteiger partial charge is 0.375 e. The number of nitrogens with one attached hydrogen (secondary N) is 1. The van der Waals surface area contributed by atoms with Crippen LogP contribution in [0, 0.1) is 0 Å². The van der Waals surface area contributed by atoms with Gasteiger partial charge in [-0.15, -0.1) is 0 Å². The third-order valence-electron chi connectivity index (χ3n) is 2.23. The van der Waals surface area contributed by atoms with Gasteiger partial charge in [0, 0.05) is 6.04 Å². The molecule has 3 heteroatoms. The summed E-state index contributed by atoms with van der Waals surface area (Å²) in [5.41, 5.74) is 3.02. The Labute approximate surface area is 87.1 Å². The monoisotopic (exact) mass is 201 g/mol. The summed E-state index contributed by atoms with van der Waals surface area (Å²) >= 11 is 0. The summed E-state index contributed by atoms with van der Waals surface area (Å²) in [6, 6.07) is 0.424. The standard InChI is InChI=1S/C11H23NO2/c1-8-6-10(7-9(2)13-8)12-14-11(3,4)5/h8-10,12H,6-7H2,1-5H3. The molecule has 14 heavy (non-hydrogen) atoms. The maximum Gasteiger partial charge on any atom is 0.0813 e. The zero-order chi connectivity index (χ0) is 10.8. The van der Waals surface area contributed by atoms with Crippen molar-refractivity contribution in [2.24, 2.45) is 0 Å². The number of hydroxylamine groups is 1. The molecule has 1 fully saturated rings. The molecule has 1 saturated heterocycles. The summed E-state index contributed by atoms with van der Waals surface area (Å²) in [6.45, 7) is 10.4. The highest BCUT2D eigenvalue weighted by Gasteiger charge is 2.25. The van der Waals surface area contributed by atoms with Crippen LogP contribution in [0.4, 0.5) is 0 Å². The minimum Gasteiger partial charge on any atom is -0.375 e. The van der Waals surface area contributed by atoms with Crippen molar-refractivity contribution in [1.29, 1.82) is 0 Å². The molecule has 0 bridgehead atoms. The van der Waals surface area contributed by atoms with Crippen LogP contribution in [0.2, 0.25) is 0 Å². The van der Waals surface area contributed by atoms with Gasteiger partial charge in [0.15, 0.2) is 0 Å². The molecule has 1 aliphatic rings. The van der Waals surface area contributed by atoms with Gasteiger partial charge in [-0.25, -0.2) is 0 Å². The van der Waals surface area contributed by atoms with E-state index < -0.39 is 0 Å². The van der Waals surface area contributed by atoms with Crippen LogP contribution >= 0.6 is 0 Å².